The van der Waals surface area contributed by atoms with Crippen molar-refractivity contribution in [3.05, 3.63) is 54.1 Å². The molecule has 2 heterocycles. The van der Waals surface area contributed by atoms with Crippen LogP contribution in [0, 0.1) is 5.41 Å². The molecule has 0 spiro atoms. The van der Waals surface area contributed by atoms with Gasteiger partial charge in [-0.1, -0.05) is 30.3 Å². The molecule has 1 aromatic heterocycles. The average molecular weight is 383 g/mol. The number of aryl methyl sites for hydroxylation is 1. The second-order valence-corrected chi connectivity index (χ2v) is 8.39. The number of hydrogen-bond donors (Lipinski definition) is 1. The highest BCUT2D eigenvalue weighted by Crippen LogP contribution is 2.42. The highest BCUT2D eigenvalue weighted by atomic mass is 16.5. The third-order valence-electron chi connectivity index (χ3n) is 6.24. The minimum atomic E-state index is 0.0333. The van der Waals surface area contributed by atoms with Crippen LogP contribution >= 0.6 is 0 Å². The van der Waals surface area contributed by atoms with E-state index in [2.05, 4.69) is 40.6 Å². The molecular formula is C22H30N4O2. The lowest BCUT2D eigenvalue weighted by atomic mass is 9.78. The van der Waals surface area contributed by atoms with Crippen molar-refractivity contribution >= 4 is 5.91 Å². The fraction of sp³-hybridized carbons (Fsp3) is 0.545. The molecule has 1 amide bonds. The predicted molar refractivity (Wildman–Crippen MR) is 108 cm³/mol. The number of piperidine rings is 1. The number of carbonyl (C=O) groups is 1. The summed E-state index contributed by atoms with van der Waals surface area (Å²) in [5.41, 5.74) is 2.06. The number of ether oxygens (including phenoxy) is 1. The van der Waals surface area contributed by atoms with Gasteiger partial charge < -0.3 is 19.5 Å². The van der Waals surface area contributed by atoms with Crippen molar-refractivity contribution in [1.29, 1.82) is 0 Å². The Hall–Kier alpha value is -2.18. The van der Waals surface area contributed by atoms with Gasteiger partial charge in [0, 0.05) is 57.4 Å². The third kappa shape index (κ3) is 4.13. The summed E-state index contributed by atoms with van der Waals surface area (Å²) < 4.78 is 7.39. The van der Waals surface area contributed by atoms with Gasteiger partial charge in [0.1, 0.15) is 5.69 Å². The van der Waals surface area contributed by atoms with Gasteiger partial charge in [-0.2, -0.15) is 0 Å². The SMILES string of the molecule is COCC1(CN[C@H]2C[C@H]2c2ccccc2)CCN(C(=O)c2cn(C)cn2)CC1. The van der Waals surface area contributed by atoms with Gasteiger partial charge in [-0.15, -0.1) is 0 Å². The quantitative estimate of drug-likeness (QED) is 0.799. The molecule has 2 fully saturated rings. The first kappa shape index (κ1) is 19.2. The van der Waals surface area contributed by atoms with Crippen molar-refractivity contribution < 1.29 is 9.53 Å². The summed E-state index contributed by atoms with van der Waals surface area (Å²) in [4.78, 5) is 18.8. The van der Waals surface area contributed by atoms with Crippen LogP contribution in [0.1, 0.15) is 41.2 Å². The van der Waals surface area contributed by atoms with Gasteiger partial charge in [0.05, 0.1) is 12.9 Å². The molecule has 150 valence electrons. The molecule has 2 aliphatic rings. The Morgan fingerprint density at radius 2 is 2.04 bits per heavy atom. The second-order valence-electron chi connectivity index (χ2n) is 8.39. The normalized spacial score (nSPS) is 23.6. The zero-order chi connectivity index (χ0) is 19.6. The van der Waals surface area contributed by atoms with Crippen molar-refractivity contribution in [3.8, 4) is 0 Å². The van der Waals surface area contributed by atoms with Crippen LogP contribution in [0.2, 0.25) is 0 Å². The number of carbonyl (C=O) groups excluding carboxylic acids is 1. The molecule has 1 aliphatic heterocycles. The summed E-state index contributed by atoms with van der Waals surface area (Å²) in [5.74, 6) is 0.664. The molecule has 6 heteroatoms. The first-order valence-corrected chi connectivity index (χ1v) is 10.1. The molecule has 1 saturated carbocycles. The van der Waals surface area contributed by atoms with E-state index in [-0.39, 0.29) is 11.3 Å². The zero-order valence-electron chi connectivity index (χ0n) is 16.8. The molecule has 0 bridgehead atoms. The number of likely N-dealkylation sites (tertiary alicyclic amines) is 1. The molecule has 28 heavy (non-hydrogen) atoms. The molecule has 0 radical (unpaired) electrons. The number of hydrogen-bond acceptors (Lipinski definition) is 4. The van der Waals surface area contributed by atoms with E-state index in [4.69, 9.17) is 4.74 Å². The Kier molecular flexibility index (Phi) is 5.51. The standard InChI is InChI=1S/C22H30N4O2/c1-25-13-20(24-16-25)21(27)26-10-8-22(9-11-26,15-28-2)14-23-19-12-18(19)17-6-4-3-5-7-17/h3-7,13,16,18-19,23H,8-12,14-15H2,1-2H3/t18-,19-/m0/s1. The molecule has 1 aliphatic carbocycles. The van der Waals surface area contributed by atoms with Gasteiger partial charge >= 0.3 is 0 Å². The number of rotatable bonds is 7. The molecule has 6 nitrogen and oxygen atoms in total. The third-order valence-corrected chi connectivity index (χ3v) is 6.24. The number of methoxy groups -OCH3 is 1. The Balaban J connectivity index is 1.31. The Labute approximate surface area is 166 Å². The topological polar surface area (TPSA) is 59.4 Å². The van der Waals surface area contributed by atoms with Crippen LogP contribution in [-0.2, 0) is 11.8 Å². The molecule has 1 N–H and O–H groups in total. The molecule has 4 rings (SSSR count). The fourth-order valence-electron chi connectivity index (χ4n) is 4.38. The van der Waals surface area contributed by atoms with Crippen molar-refractivity contribution in [3.63, 3.8) is 0 Å². The lowest BCUT2D eigenvalue weighted by Crippen LogP contribution is -2.49. The number of benzene rings is 1. The van der Waals surface area contributed by atoms with E-state index in [9.17, 15) is 4.79 Å². The summed E-state index contributed by atoms with van der Waals surface area (Å²) in [7, 11) is 3.66. The van der Waals surface area contributed by atoms with E-state index >= 15 is 0 Å². The Morgan fingerprint density at radius 3 is 2.68 bits per heavy atom. The summed E-state index contributed by atoms with van der Waals surface area (Å²) >= 11 is 0. The highest BCUT2D eigenvalue weighted by Gasteiger charge is 2.42. The summed E-state index contributed by atoms with van der Waals surface area (Å²) in [6.45, 7) is 3.19. The van der Waals surface area contributed by atoms with Crippen LogP contribution in [0.15, 0.2) is 42.9 Å². The lowest BCUT2D eigenvalue weighted by molar-refractivity contribution is 0.0200. The van der Waals surface area contributed by atoms with Crippen LogP contribution in [0.25, 0.3) is 0 Å². The van der Waals surface area contributed by atoms with Gasteiger partial charge in [0.2, 0.25) is 0 Å². The molecular weight excluding hydrogens is 352 g/mol. The van der Waals surface area contributed by atoms with Crippen molar-refractivity contribution in [2.75, 3.05) is 33.4 Å². The number of aromatic nitrogens is 2. The Bertz CT molecular complexity index is 796. The van der Waals surface area contributed by atoms with Crippen LogP contribution < -0.4 is 5.32 Å². The molecule has 1 saturated heterocycles. The molecule has 0 unspecified atom stereocenters. The molecule has 2 atom stereocenters. The van der Waals surface area contributed by atoms with Crippen LogP contribution in [-0.4, -0.2) is 59.8 Å². The summed E-state index contributed by atoms with van der Waals surface area (Å²) in [6.07, 6.45) is 6.58. The smallest absolute Gasteiger partial charge is 0.274 e. The molecule has 2 aromatic rings. The van der Waals surface area contributed by atoms with Gasteiger partial charge in [-0.3, -0.25) is 4.79 Å². The zero-order valence-corrected chi connectivity index (χ0v) is 16.8. The largest absolute Gasteiger partial charge is 0.384 e. The summed E-state index contributed by atoms with van der Waals surface area (Å²) in [6, 6.07) is 11.3. The fourth-order valence-corrected chi connectivity index (χ4v) is 4.38. The first-order valence-electron chi connectivity index (χ1n) is 10.1. The van der Waals surface area contributed by atoms with E-state index in [1.165, 1.54) is 12.0 Å². The predicted octanol–water partition coefficient (Wildman–Crippen LogP) is 2.43. The van der Waals surface area contributed by atoms with Crippen LogP contribution in [0.5, 0.6) is 0 Å². The van der Waals surface area contributed by atoms with Gasteiger partial charge in [0.25, 0.3) is 5.91 Å². The average Bonchev–Trinajstić information content (AvgIpc) is 3.38. The van der Waals surface area contributed by atoms with E-state index in [0.717, 1.165) is 39.1 Å². The van der Waals surface area contributed by atoms with Crippen molar-refractivity contribution in [2.24, 2.45) is 12.5 Å². The van der Waals surface area contributed by atoms with Gasteiger partial charge in [-0.25, -0.2) is 4.98 Å². The number of nitrogens with one attached hydrogen (secondary N) is 1. The lowest BCUT2D eigenvalue weighted by Gasteiger charge is -2.41. The van der Waals surface area contributed by atoms with Crippen LogP contribution in [0.4, 0.5) is 0 Å². The van der Waals surface area contributed by atoms with E-state index in [1.807, 2.05) is 16.5 Å². The number of imidazole rings is 1. The van der Waals surface area contributed by atoms with Crippen LogP contribution in [0.3, 0.4) is 0 Å². The van der Waals surface area contributed by atoms with E-state index in [0.29, 0.717) is 17.7 Å². The van der Waals surface area contributed by atoms with Crippen molar-refractivity contribution in [2.45, 2.75) is 31.2 Å². The number of nitrogens with zero attached hydrogens (tertiary/aromatic N) is 3. The minimum absolute atomic E-state index is 0.0333. The maximum atomic E-state index is 12.7. The second kappa shape index (κ2) is 8.05. The molecule has 1 aromatic carbocycles. The number of amides is 1. The summed E-state index contributed by atoms with van der Waals surface area (Å²) in [5, 5.41) is 3.78. The maximum Gasteiger partial charge on any atom is 0.274 e. The van der Waals surface area contributed by atoms with E-state index in [1.54, 1.807) is 19.6 Å². The minimum Gasteiger partial charge on any atom is -0.384 e. The van der Waals surface area contributed by atoms with E-state index < -0.39 is 0 Å². The van der Waals surface area contributed by atoms with Gasteiger partial charge in [-0.05, 0) is 24.8 Å². The first-order chi connectivity index (χ1) is 13.6. The Morgan fingerprint density at radius 1 is 1.29 bits per heavy atom. The maximum absolute atomic E-state index is 12.7. The monoisotopic (exact) mass is 382 g/mol. The van der Waals surface area contributed by atoms with Gasteiger partial charge in [0.15, 0.2) is 0 Å². The highest BCUT2D eigenvalue weighted by molar-refractivity contribution is 5.92. The van der Waals surface area contributed by atoms with Crippen molar-refractivity contribution in [1.82, 2.24) is 19.8 Å².